The zero-order chi connectivity index (χ0) is 20.9. The number of nitrogens with one attached hydrogen (secondary N) is 1. The second-order valence-corrected chi connectivity index (χ2v) is 7.70. The van der Waals surface area contributed by atoms with Crippen molar-refractivity contribution in [2.45, 2.75) is 13.8 Å². The van der Waals surface area contributed by atoms with E-state index in [2.05, 4.69) is 36.2 Å². The van der Waals surface area contributed by atoms with E-state index >= 15 is 0 Å². The van der Waals surface area contributed by atoms with Crippen LogP contribution < -0.4 is 5.32 Å². The zero-order valence-corrected chi connectivity index (χ0v) is 17.6. The van der Waals surface area contributed by atoms with Crippen LogP contribution in [0.25, 0.3) is 16.9 Å². The van der Waals surface area contributed by atoms with Gasteiger partial charge in [0.15, 0.2) is 0 Å². The summed E-state index contributed by atoms with van der Waals surface area (Å²) in [5.74, 6) is -0.0968. The number of ether oxygens (including phenoxy) is 1. The summed E-state index contributed by atoms with van der Waals surface area (Å²) < 4.78 is 7.17. The summed E-state index contributed by atoms with van der Waals surface area (Å²) in [6.07, 6.45) is 1.83. The number of aryl methyl sites for hydroxylation is 2. The van der Waals surface area contributed by atoms with Crippen molar-refractivity contribution in [2.75, 3.05) is 39.4 Å². The summed E-state index contributed by atoms with van der Waals surface area (Å²) in [6, 6.07) is 16.1. The van der Waals surface area contributed by atoms with Crippen molar-refractivity contribution in [3.8, 4) is 16.9 Å². The van der Waals surface area contributed by atoms with Gasteiger partial charge < -0.3 is 10.1 Å². The van der Waals surface area contributed by atoms with Crippen molar-refractivity contribution < 1.29 is 9.53 Å². The molecule has 4 rings (SSSR count). The third-order valence-corrected chi connectivity index (χ3v) is 5.43. The molecule has 0 aliphatic carbocycles. The van der Waals surface area contributed by atoms with Crippen molar-refractivity contribution in [2.24, 2.45) is 0 Å². The summed E-state index contributed by atoms with van der Waals surface area (Å²) in [5.41, 5.74) is 5.50. The summed E-state index contributed by atoms with van der Waals surface area (Å²) in [4.78, 5) is 15.4. The number of benzene rings is 2. The highest BCUT2D eigenvalue weighted by Crippen LogP contribution is 2.27. The lowest BCUT2D eigenvalue weighted by Gasteiger charge is -2.26. The summed E-state index contributed by atoms with van der Waals surface area (Å²) in [7, 11) is 0. The number of carbonyl (C=O) groups is 1. The lowest BCUT2D eigenvalue weighted by molar-refractivity contribution is 0.0383. The molecule has 0 spiro atoms. The molecule has 0 saturated carbocycles. The maximum Gasteiger partial charge on any atom is 0.255 e. The molecule has 1 fully saturated rings. The maximum absolute atomic E-state index is 13.1. The van der Waals surface area contributed by atoms with Crippen LogP contribution in [0.15, 0.2) is 54.7 Å². The maximum atomic E-state index is 13.1. The summed E-state index contributed by atoms with van der Waals surface area (Å²) >= 11 is 0. The Balaban J connectivity index is 1.59. The van der Waals surface area contributed by atoms with Crippen molar-refractivity contribution in [1.82, 2.24) is 20.0 Å². The smallest absolute Gasteiger partial charge is 0.255 e. The second kappa shape index (κ2) is 9.24. The molecule has 0 atom stereocenters. The molecule has 1 aliphatic heterocycles. The lowest BCUT2D eigenvalue weighted by Crippen LogP contribution is -2.41. The first kappa shape index (κ1) is 20.3. The molecule has 6 heteroatoms. The molecule has 1 aliphatic rings. The van der Waals surface area contributed by atoms with Crippen LogP contribution in [0.5, 0.6) is 0 Å². The average molecular weight is 405 g/mol. The lowest BCUT2D eigenvalue weighted by atomic mass is 10.0. The van der Waals surface area contributed by atoms with Crippen molar-refractivity contribution in [3.63, 3.8) is 0 Å². The molecule has 3 aromatic rings. The van der Waals surface area contributed by atoms with E-state index in [1.165, 1.54) is 5.56 Å². The fourth-order valence-electron chi connectivity index (χ4n) is 3.78. The predicted molar refractivity (Wildman–Crippen MR) is 118 cm³/mol. The highest BCUT2D eigenvalue weighted by Gasteiger charge is 2.20. The van der Waals surface area contributed by atoms with E-state index in [9.17, 15) is 4.79 Å². The van der Waals surface area contributed by atoms with Crippen LogP contribution in [-0.4, -0.2) is 60.0 Å². The van der Waals surface area contributed by atoms with E-state index in [1.54, 1.807) is 4.68 Å². The zero-order valence-electron chi connectivity index (χ0n) is 17.6. The van der Waals surface area contributed by atoms with Crippen LogP contribution >= 0.6 is 0 Å². The Kier molecular flexibility index (Phi) is 6.26. The molecule has 2 heterocycles. The fourth-order valence-corrected chi connectivity index (χ4v) is 3.78. The van der Waals surface area contributed by atoms with E-state index in [0.717, 1.165) is 49.7 Å². The third-order valence-electron chi connectivity index (χ3n) is 5.43. The number of morpholine rings is 1. The van der Waals surface area contributed by atoms with E-state index < -0.39 is 0 Å². The molecule has 0 bridgehead atoms. The summed E-state index contributed by atoms with van der Waals surface area (Å²) in [6.45, 7) is 8.89. The van der Waals surface area contributed by atoms with Gasteiger partial charge in [-0.25, -0.2) is 4.68 Å². The van der Waals surface area contributed by atoms with Gasteiger partial charge in [-0.15, -0.1) is 0 Å². The molecular weight excluding hydrogens is 376 g/mol. The molecule has 0 unspecified atom stereocenters. The van der Waals surface area contributed by atoms with Crippen LogP contribution in [0.1, 0.15) is 21.5 Å². The van der Waals surface area contributed by atoms with Gasteiger partial charge in [0.05, 0.1) is 24.5 Å². The Morgan fingerprint density at radius 1 is 1.10 bits per heavy atom. The van der Waals surface area contributed by atoms with Gasteiger partial charge in [-0.05, 0) is 31.5 Å². The quantitative estimate of drug-likeness (QED) is 0.685. The normalized spacial score (nSPS) is 14.6. The number of aromatic nitrogens is 2. The van der Waals surface area contributed by atoms with Gasteiger partial charge in [-0.1, -0.05) is 42.0 Å². The van der Waals surface area contributed by atoms with Crippen LogP contribution in [0.2, 0.25) is 0 Å². The molecule has 1 aromatic heterocycles. The third kappa shape index (κ3) is 4.61. The van der Waals surface area contributed by atoms with Gasteiger partial charge in [0.25, 0.3) is 5.91 Å². The van der Waals surface area contributed by atoms with Gasteiger partial charge in [-0.3, -0.25) is 9.69 Å². The summed E-state index contributed by atoms with van der Waals surface area (Å²) in [5, 5.41) is 7.87. The van der Waals surface area contributed by atoms with E-state index in [0.29, 0.717) is 17.8 Å². The standard InChI is InChI=1S/C24H28N4O2/c1-18-8-9-21(19(2)16-18)23-22(17-28(26-23)20-6-4-3-5-7-20)24(29)25-10-11-27-12-14-30-15-13-27/h3-9,16-17H,10-15H2,1-2H3,(H,25,29). The van der Waals surface area contributed by atoms with Crippen molar-refractivity contribution in [3.05, 3.63) is 71.4 Å². The molecule has 156 valence electrons. The van der Waals surface area contributed by atoms with Gasteiger partial charge in [0.1, 0.15) is 5.69 Å². The molecule has 30 heavy (non-hydrogen) atoms. The largest absolute Gasteiger partial charge is 0.379 e. The topological polar surface area (TPSA) is 59.4 Å². The average Bonchev–Trinajstić information content (AvgIpc) is 3.20. The first-order valence-electron chi connectivity index (χ1n) is 10.4. The fraction of sp³-hybridized carbons (Fsp3) is 0.333. The van der Waals surface area contributed by atoms with Crippen LogP contribution in [0.4, 0.5) is 0 Å². The van der Waals surface area contributed by atoms with E-state index in [-0.39, 0.29) is 5.91 Å². The number of hydrogen-bond acceptors (Lipinski definition) is 4. The number of rotatable bonds is 6. The van der Waals surface area contributed by atoms with Crippen molar-refractivity contribution >= 4 is 5.91 Å². The minimum absolute atomic E-state index is 0.0968. The SMILES string of the molecule is Cc1ccc(-c2nn(-c3ccccc3)cc2C(=O)NCCN2CCOCC2)c(C)c1. The highest BCUT2D eigenvalue weighted by atomic mass is 16.5. The number of carbonyl (C=O) groups excluding carboxylic acids is 1. The van der Waals surface area contributed by atoms with E-state index in [4.69, 9.17) is 9.84 Å². The number of hydrogen-bond donors (Lipinski definition) is 1. The Hall–Kier alpha value is -2.96. The molecular formula is C24H28N4O2. The monoisotopic (exact) mass is 404 g/mol. The molecule has 2 aromatic carbocycles. The molecule has 1 amide bonds. The Morgan fingerprint density at radius 2 is 1.87 bits per heavy atom. The Bertz CT molecular complexity index is 1010. The van der Waals surface area contributed by atoms with E-state index in [1.807, 2.05) is 42.6 Å². The van der Waals surface area contributed by atoms with Gasteiger partial charge >= 0.3 is 0 Å². The van der Waals surface area contributed by atoms with Gasteiger partial charge in [0, 0.05) is 37.9 Å². The van der Waals surface area contributed by atoms with Crippen LogP contribution in [-0.2, 0) is 4.74 Å². The Morgan fingerprint density at radius 3 is 2.60 bits per heavy atom. The molecule has 1 N–H and O–H groups in total. The van der Waals surface area contributed by atoms with Gasteiger partial charge in [-0.2, -0.15) is 5.10 Å². The molecule has 0 radical (unpaired) electrons. The van der Waals surface area contributed by atoms with Gasteiger partial charge in [0.2, 0.25) is 0 Å². The number of nitrogens with zero attached hydrogens (tertiary/aromatic N) is 3. The molecule has 6 nitrogen and oxygen atoms in total. The molecule has 1 saturated heterocycles. The second-order valence-electron chi connectivity index (χ2n) is 7.70. The van der Waals surface area contributed by atoms with Crippen LogP contribution in [0, 0.1) is 13.8 Å². The number of para-hydroxylation sites is 1. The van der Waals surface area contributed by atoms with Crippen molar-refractivity contribution in [1.29, 1.82) is 0 Å². The van der Waals surface area contributed by atoms with Crippen LogP contribution in [0.3, 0.4) is 0 Å². The first-order valence-corrected chi connectivity index (χ1v) is 10.4. The highest BCUT2D eigenvalue weighted by molar-refractivity contribution is 6.00. The minimum Gasteiger partial charge on any atom is -0.379 e. The predicted octanol–water partition coefficient (Wildman–Crippen LogP) is 3.22. The minimum atomic E-state index is -0.0968. The Labute approximate surface area is 177 Å². The number of amides is 1. The first-order chi connectivity index (χ1) is 14.6.